The molecule has 1 N–H and O–H groups in total. The molecule has 0 saturated carbocycles. The number of ether oxygens (including phenoxy) is 2. The number of nitrogens with one attached hydrogen (secondary N) is 1. The highest BCUT2D eigenvalue weighted by molar-refractivity contribution is 5.43. The molecule has 0 aliphatic rings. The summed E-state index contributed by atoms with van der Waals surface area (Å²) < 4.78 is 10.4. The summed E-state index contributed by atoms with van der Waals surface area (Å²) >= 11 is 0. The summed E-state index contributed by atoms with van der Waals surface area (Å²) in [6, 6.07) is 7.24. The topological polar surface area (TPSA) is 88.0 Å². The van der Waals surface area contributed by atoms with Gasteiger partial charge in [0.1, 0.15) is 17.5 Å². The van der Waals surface area contributed by atoms with Crippen LogP contribution in [0.1, 0.15) is 17.0 Å². The highest BCUT2D eigenvalue weighted by atomic mass is 16.5. The lowest BCUT2D eigenvalue weighted by atomic mass is 10.1. The Morgan fingerprint density at radius 1 is 1.30 bits per heavy atom. The smallest absolute Gasteiger partial charge is 0.268 e. The molecule has 0 radical (unpaired) electrons. The molecule has 0 spiro atoms. The zero-order chi connectivity index (χ0) is 14.5. The maximum Gasteiger partial charge on any atom is 0.268 e. The van der Waals surface area contributed by atoms with Crippen LogP contribution in [0.5, 0.6) is 11.5 Å². The van der Waals surface area contributed by atoms with E-state index >= 15 is 0 Å². The fraction of sp³-hybridized carbons (Fsp3) is 0.214. The minimum absolute atomic E-state index is 0.000983. The standard InChI is InChI=1S/C14H13N3O3/c1-19-11-4-3-9(5-12(11)20-2)6-13-16-8-10(7-15)14(18)17-13/h3-5,8H,6H2,1-2H3,(H,16,17,18). The lowest BCUT2D eigenvalue weighted by Gasteiger charge is -2.09. The van der Waals surface area contributed by atoms with Crippen molar-refractivity contribution in [3.05, 3.63) is 51.7 Å². The Labute approximate surface area is 115 Å². The molecule has 1 heterocycles. The number of methoxy groups -OCH3 is 2. The van der Waals surface area contributed by atoms with Crippen LogP contribution < -0.4 is 15.0 Å². The average molecular weight is 271 g/mol. The van der Waals surface area contributed by atoms with Crippen LogP contribution in [0.3, 0.4) is 0 Å². The Kier molecular flexibility index (Phi) is 4.01. The number of aromatic amines is 1. The van der Waals surface area contributed by atoms with E-state index in [0.717, 1.165) is 5.56 Å². The first-order valence-corrected chi connectivity index (χ1v) is 5.87. The van der Waals surface area contributed by atoms with Gasteiger partial charge in [0.15, 0.2) is 11.5 Å². The molecule has 0 aliphatic heterocycles. The van der Waals surface area contributed by atoms with E-state index in [1.165, 1.54) is 6.20 Å². The molecular formula is C14H13N3O3. The summed E-state index contributed by atoms with van der Waals surface area (Å²) in [4.78, 5) is 18.2. The summed E-state index contributed by atoms with van der Waals surface area (Å²) in [7, 11) is 3.13. The molecule has 1 aromatic carbocycles. The lowest BCUT2D eigenvalue weighted by molar-refractivity contribution is 0.354. The van der Waals surface area contributed by atoms with Gasteiger partial charge in [-0.3, -0.25) is 4.79 Å². The zero-order valence-corrected chi connectivity index (χ0v) is 11.1. The average Bonchev–Trinajstić information content (AvgIpc) is 2.47. The van der Waals surface area contributed by atoms with E-state index in [1.807, 2.05) is 12.1 Å². The van der Waals surface area contributed by atoms with Crippen molar-refractivity contribution in [2.45, 2.75) is 6.42 Å². The van der Waals surface area contributed by atoms with Gasteiger partial charge in [0.2, 0.25) is 0 Å². The van der Waals surface area contributed by atoms with Gasteiger partial charge in [0.25, 0.3) is 5.56 Å². The number of hydrogen-bond acceptors (Lipinski definition) is 5. The molecule has 102 valence electrons. The third-order valence-corrected chi connectivity index (χ3v) is 2.79. The minimum Gasteiger partial charge on any atom is -0.493 e. The van der Waals surface area contributed by atoms with Crippen molar-refractivity contribution in [3.8, 4) is 17.6 Å². The second kappa shape index (κ2) is 5.89. The SMILES string of the molecule is COc1ccc(Cc2ncc(C#N)c(=O)[nH]2)cc1OC. The molecule has 0 bridgehead atoms. The molecule has 0 amide bonds. The van der Waals surface area contributed by atoms with Gasteiger partial charge < -0.3 is 14.5 Å². The summed E-state index contributed by atoms with van der Waals surface area (Å²) in [6.07, 6.45) is 1.70. The van der Waals surface area contributed by atoms with E-state index < -0.39 is 5.56 Å². The Morgan fingerprint density at radius 3 is 2.65 bits per heavy atom. The number of nitriles is 1. The van der Waals surface area contributed by atoms with Gasteiger partial charge in [-0.1, -0.05) is 6.07 Å². The third-order valence-electron chi connectivity index (χ3n) is 2.79. The van der Waals surface area contributed by atoms with E-state index in [0.29, 0.717) is 23.7 Å². The van der Waals surface area contributed by atoms with Crippen LogP contribution in [-0.4, -0.2) is 24.2 Å². The van der Waals surface area contributed by atoms with Gasteiger partial charge in [0, 0.05) is 6.42 Å². The van der Waals surface area contributed by atoms with Crippen molar-refractivity contribution in [1.82, 2.24) is 9.97 Å². The second-order valence-electron chi connectivity index (χ2n) is 4.05. The van der Waals surface area contributed by atoms with Crippen molar-refractivity contribution < 1.29 is 9.47 Å². The lowest BCUT2D eigenvalue weighted by Crippen LogP contribution is -2.14. The van der Waals surface area contributed by atoms with Crippen molar-refractivity contribution in [2.24, 2.45) is 0 Å². The quantitative estimate of drug-likeness (QED) is 0.904. The zero-order valence-electron chi connectivity index (χ0n) is 11.1. The van der Waals surface area contributed by atoms with Crippen LogP contribution in [0.2, 0.25) is 0 Å². The molecule has 2 rings (SSSR count). The largest absolute Gasteiger partial charge is 0.493 e. The minimum atomic E-state index is -0.432. The summed E-state index contributed by atoms with van der Waals surface area (Å²) in [5.74, 6) is 1.74. The van der Waals surface area contributed by atoms with Gasteiger partial charge in [0.05, 0.1) is 20.4 Å². The molecule has 0 saturated heterocycles. The van der Waals surface area contributed by atoms with Crippen LogP contribution in [0.25, 0.3) is 0 Å². The first kappa shape index (κ1) is 13.6. The molecule has 6 heteroatoms. The number of nitrogens with zero attached hydrogens (tertiary/aromatic N) is 2. The fourth-order valence-corrected chi connectivity index (χ4v) is 1.79. The molecule has 0 atom stereocenters. The van der Waals surface area contributed by atoms with E-state index in [9.17, 15) is 4.79 Å². The highest BCUT2D eigenvalue weighted by Crippen LogP contribution is 2.28. The van der Waals surface area contributed by atoms with Crippen molar-refractivity contribution in [3.63, 3.8) is 0 Å². The first-order chi connectivity index (χ1) is 9.67. The Bertz CT molecular complexity index is 716. The molecule has 0 fully saturated rings. The van der Waals surface area contributed by atoms with Gasteiger partial charge in [-0.25, -0.2) is 4.98 Å². The van der Waals surface area contributed by atoms with Crippen LogP contribution in [0.4, 0.5) is 0 Å². The summed E-state index contributed by atoms with van der Waals surface area (Å²) in [5, 5.41) is 8.68. The van der Waals surface area contributed by atoms with Gasteiger partial charge in [-0.2, -0.15) is 5.26 Å². The predicted molar refractivity (Wildman–Crippen MR) is 71.9 cm³/mol. The van der Waals surface area contributed by atoms with Crippen LogP contribution in [0, 0.1) is 11.3 Å². The molecule has 2 aromatic rings. The van der Waals surface area contributed by atoms with Gasteiger partial charge >= 0.3 is 0 Å². The maximum atomic E-state index is 11.5. The molecule has 1 aromatic heterocycles. The third kappa shape index (κ3) is 2.78. The monoisotopic (exact) mass is 271 g/mol. The van der Waals surface area contributed by atoms with E-state index in [2.05, 4.69) is 9.97 Å². The maximum absolute atomic E-state index is 11.5. The van der Waals surface area contributed by atoms with E-state index in [-0.39, 0.29) is 5.56 Å². The molecular weight excluding hydrogens is 258 g/mol. The van der Waals surface area contributed by atoms with Crippen LogP contribution in [-0.2, 0) is 6.42 Å². The number of rotatable bonds is 4. The Hall–Kier alpha value is -2.81. The molecule has 0 unspecified atom stereocenters. The number of aromatic nitrogens is 2. The van der Waals surface area contributed by atoms with Gasteiger partial charge in [-0.15, -0.1) is 0 Å². The van der Waals surface area contributed by atoms with Crippen molar-refractivity contribution in [1.29, 1.82) is 5.26 Å². The van der Waals surface area contributed by atoms with Crippen molar-refractivity contribution >= 4 is 0 Å². The number of benzene rings is 1. The Balaban J connectivity index is 2.28. The fourth-order valence-electron chi connectivity index (χ4n) is 1.79. The van der Waals surface area contributed by atoms with Gasteiger partial charge in [-0.05, 0) is 17.7 Å². The normalized spacial score (nSPS) is 9.85. The van der Waals surface area contributed by atoms with E-state index in [1.54, 1.807) is 26.4 Å². The first-order valence-electron chi connectivity index (χ1n) is 5.87. The van der Waals surface area contributed by atoms with E-state index in [4.69, 9.17) is 14.7 Å². The Morgan fingerprint density at radius 2 is 2.05 bits per heavy atom. The van der Waals surface area contributed by atoms with Crippen LogP contribution >= 0.6 is 0 Å². The molecule has 0 aliphatic carbocycles. The van der Waals surface area contributed by atoms with Crippen LogP contribution in [0.15, 0.2) is 29.2 Å². The molecule has 6 nitrogen and oxygen atoms in total. The molecule has 20 heavy (non-hydrogen) atoms. The van der Waals surface area contributed by atoms with Crippen molar-refractivity contribution in [2.75, 3.05) is 14.2 Å². The predicted octanol–water partition coefficient (Wildman–Crippen LogP) is 1.25. The summed E-state index contributed by atoms with van der Waals surface area (Å²) in [5.41, 5.74) is 0.481. The highest BCUT2D eigenvalue weighted by Gasteiger charge is 2.07. The number of hydrogen-bond donors (Lipinski definition) is 1. The second-order valence-corrected chi connectivity index (χ2v) is 4.05. The number of H-pyrrole nitrogens is 1. The summed E-state index contributed by atoms with van der Waals surface area (Å²) in [6.45, 7) is 0.